The van der Waals surface area contributed by atoms with Gasteiger partial charge >= 0.3 is 11.9 Å². The van der Waals surface area contributed by atoms with Gasteiger partial charge in [0.25, 0.3) is 0 Å². The third kappa shape index (κ3) is 8.09. The average molecular weight is 443 g/mol. The molecule has 0 unspecified atom stereocenters. The van der Waals surface area contributed by atoms with Crippen LogP contribution in [-0.2, 0) is 30.4 Å². The van der Waals surface area contributed by atoms with E-state index in [0.29, 0.717) is 5.56 Å². The maximum Gasteiger partial charge on any atom is 0.323 e. The van der Waals surface area contributed by atoms with E-state index in [1.54, 1.807) is 65.8 Å². The maximum atomic E-state index is 13.0. The summed E-state index contributed by atoms with van der Waals surface area (Å²) in [6.07, 6.45) is -2.48. The minimum atomic E-state index is -1.57. The molecule has 0 aliphatic carbocycles. The minimum absolute atomic E-state index is 0.187. The predicted octanol–water partition coefficient (Wildman–Crippen LogP) is 4.61. The lowest BCUT2D eigenvalue weighted by Crippen LogP contribution is -2.45. The highest BCUT2D eigenvalue weighted by Crippen LogP contribution is 2.30. The molecule has 2 rings (SSSR count). The summed E-state index contributed by atoms with van der Waals surface area (Å²) in [5, 5.41) is 11.3. The molecule has 32 heavy (non-hydrogen) atoms. The number of hydrogen-bond acceptors (Lipinski definition) is 6. The Morgan fingerprint density at radius 2 is 1.22 bits per heavy atom. The molecule has 2 atom stereocenters. The van der Waals surface area contributed by atoms with E-state index in [1.807, 2.05) is 36.4 Å². The van der Waals surface area contributed by atoms with Gasteiger partial charge in [-0.3, -0.25) is 9.59 Å². The number of aliphatic hydroxyl groups excluding tert-OH is 1. The Morgan fingerprint density at radius 1 is 0.781 bits per heavy atom. The van der Waals surface area contributed by atoms with Crippen molar-refractivity contribution < 1.29 is 28.9 Å². The van der Waals surface area contributed by atoms with Crippen LogP contribution in [0.25, 0.3) is 0 Å². The third-order valence-electron chi connectivity index (χ3n) is 4.37. The van der Waals surface area contributed by atoms with Crippen molar-refractivity contribution in [2.75, 3.05) is 0 Å². The van der Waals surface area contributed by atoms with Gasteiger partial charge in [-0.1, -0.05) is 60.7 Å². The van der Waals surface area contributed by atoms with Crippen LogP contribution in [0, 0.1) is 5.92 Å². The monoisotopic (exact) mass is 442 g/mol. The van der Waals surface area contributed by atoms with Crippen LogP contribution >= 0.6 is 0 Å². The van der Waals surface area contributed by atoms with Crippen LogP contribution in [0.2, 0.25) is 0 Å². The zero-order chi connectivity index (χ0) is 23.9. The molecular formula is C26H34O6. The molecule has 0 aromatic heterocycles. The van der Waals surface area contributed by atoms with Crippen molar-refractivity contribution in [2.24, 2.45) is 5.92 Å². The van der Waals surface area contributed by atoms with E-state index < -0.39 is 41.3 Å². The van der Waals surface area contributed by atoms with E-state index >= 15 is 0 Å². The SMILES string of the molecule is CC(C)(C)OC(=O)C(C(=O)OC(C)(C)C)[C@H](O)[C@@H](OCc1ccccc1)c1ccccc1. The molecule has 0 fully saturated rings. The van der Waals surface area contributed by atoms with E-state index in [0.717, 1.165) is 5.56 Å². The summed E-state index contributed by atoms with van der Waals surface area (Å²) in [7, 11) is 0. The molecule has 174 valence electrons. The Labute approximate surface area is 190 Å². The number of carbonyl (C=O) groups excluding carboxylic acids is 2. The second-order valence-corrected chi connectivity index (χ2v) is 9.66. The Kier molecular flexibility index (Phi) is 8.58. The predicted molar refractivity (Wildman–Crippen MR) is 122 cm³/mol. The number of esters is 2. The summed E-state index contributed by atoms with van der Waals surface area (Å²) in [6, 6.07) is 18.5. The quantitative estimate of drug-likeness (QED) is 0.475. The first kappa shape index (κ1) is 25.6. The zero-order valence-electron chi connectivity index (χ0n) is 19.7. The van der Waals surface area contributed by atoms with E-state index in [1.165, 1.54) is 0 Å². The zero-order valence-corrected chi connectivity index (χ0v) is 19.7. The molecule has 0 saturated carbocycles. The largest absolute Gasteiger partial charge is 0.459 e. The molecule has 2 aromatic carbocycles. The normalized spacial score (nSPS) is 14.0. The first-order chi connectivity index (χ1) is 14.9. The minimum Gasteiger partial charge on any atom is -0.459 e. The van der Waals surface area contributed by atoms with Gasteiger partial charge in [0.05, 0.1) is 6.61 Å². The summed E-state index contributed by atoms with van der Waals surface area (Å²) in [4.78, 5) is 26.0. The number of benzene rings is 2. The highest BCUT2D eigenvalue weighted by atomic mass is 16.6. The Morgan fingerprint density at radius 3 is 1.66 bits per heavy atom. The molecule has 0 aliphatic rings. The summed E-state index contributed by atoms with van der Waals surface area (Å²) < 4.78 is 17.0. The highest BCUT2D eigenvalue weighted by Gasteiger charge is 2.44. The second kappa shape index (κ2) is 10.7. The van der Waals surface area contributed by atoms with Gasteiger partial charge in [0.15, 0.2) is 5.92 Å². The first-order valence-electron chi connectivity index (χ1n) is 10.7. The van der Waals surface area contributed by atoms with Crippen molar-refractivity contribution in [1.29, 1.82) is 0 Å². The Balaban J connectivity index is 2.38. The van der Waals surface area contributed by atoms with Gasteiger partial charge < -0.3 is 19.3 Å². The molecule has 0 radical (unpaired) electrons. The van der Waals surface area contributed by atoms with Gasteiger partial charge in [-0.15, -0.1) is 0 Å². The second-order valence-electron chi connectivity index (χ2n) is 9.66. The van der Waals surface area contributed by atoms with Gasteiger partial charge in [-0.05, 0) is 52.7 Å². The van der Waals surface area contributed by atoms with Crippen LogP contribution in [0.5, 0.6) is 0 Å². The van der Waals surface area contributed by atoms with Crippen molar-refractivity contribution in [3.63, 3.8) is 0 Å². The van der Waals surface area contributed by atoms with Gasteiger partial charge in [-0.2, -0.15) is 0 Å². The molecule has 0 spiro atoms. The smallest absolute Gasteiger partial charge is 0.323 e. The van der Waals surface area contributed by atoms with Crippen LogP contribution in [0.15, 0.2) is 60.7 Å². The summed E-state index contributed by atoms with van der Waals surface area (Å²) >= 11 is 0. The van der Waals surface area contributed by atoms with Crippen LogP contribution < -0.4 is 0 Å². The van der Waals surface area contributed by atoms with E-state index in [9.17, 15) is 14.7 Å². The van der Waals surface area contributed by atoms with Gasteiger partial charge in [0.1, 0.15) is 23.4 Å². The van der Waals surface area contributed by atoms with Crippen molar-refractivity contribution in [3.8, 4) is 0 Å². The van der Waals surface area contributed by atoms with Crippen LogP contribution in [0.4, 0.5) is 0 Å². The van der Waals surface area contributed by atoms with Gasteiger partial charge in [0, 0.05) is 0 Å². The Hall–Kier alpha value is -2.70. The first-order valence-corrected chi connectivity index (χ1v) is 10.7. The molecular weight excluding hydrogens is 408 g/mol. The fourth-order valence-corrected chi connectivity index (χ4v) is 3.08. The lowest BCUT2D eigenvalue weighted by Gasteiger charge is -2.32. The number of carbonyl (C=O) groups is 2. The van der Waals surface area contributed by atoms with Crippen LogP contribution in [-0.4, -0.2) is 34.4 Å². The van der Waals surface area contributed by atoms with Crippen molar-refractivity contribution in [1.82, 2.24) is 0 Å². The highest BCUT2D eigenvalue weighted by molar-refractivity contribution is 5.96. The van der Waals surface area contributed by atoms with Crippen LogP contribution in [0.1, 0.15) is 58.8 Å². The Bertz CT molecular complexity index is 837. The van der Waals surface area contributed by atoms with E-state index in [2.05, 4.69) is 0 Å². The van der Waals surface area contributed by atoms with E-state index in [-0.39, 0.29) is 6.61 Å². The van der Waals surface area contributed by atoms with Crippen LogP contribution in [0.3, 0.4) is 0 Å². The molecule has 0 aliphatic heterocycles. The molecule has 6 heteroatoms. The molecule has 0 saturated heterocycles. The lowest BCUT2D eigenvalue weighted by molar-refractivity contribution is -0.185. The summed E-state index contributed by atoms with van der Waals surface area (Å²) in [6.45, 7) is 10.4. The maximum absolute atomic E-state index is 13.0. The fourth-order valence-electron chi connectivity index (χ4n) is 3.08. The van der Waals surface area contributed by atoms with Gasteiger partial charge in [0.2, 0.25) is 0 Å². The average Bonchev–Trinajstić information content (AvgIpc) is 2.67. The summed E-state index contributed by atoms with van der Waals surface area (Å²) in [5.74, 6) is -3.29. The number of rotatable bonds is 8. The number of aliphatic hydroxyl groups is 1. The molecule has 0 heterocycles. The topological polar surface area (TPSA) is 82.1 Å². The number of hydrogen-bond donors (Lipinski definition) is 1. The molecule has 0 bridgehead atoms. The molecule has 0 amide bonds. The van der Waals surface area contributed by atoms with E-state index in [4.69, 9.17) is 14.2 Å². The third-order valence-corrected chi connectivity index (χ3v) is 4.37. The molecule has 1 N–H and O–H groups in total. The fraction of sp³-hybridized carbons (Fsp3) is 0.462. The van der Waals surface area contributed by atoms with Crippen molar-refractivity contribution >= 4 is 11.9 Å². The summed E-state index contributed by atoms with van der Waals surface area (Å²) in [5.41, 5.74) is -0.159. The van der Waals surface area contributed by atoms with Gasteiger partial charge in [-0.25, -0.2) is 0 Å². The van der Waals surface area contributed by atoms with Crippen molar-refractivity contribution in [2.45, 2.75) is 71.6 Å². The molecule has 2 aromatic rings. The standard InChI is InChI=1S/C26H34O6/c1-25(2,3)31-23(28)20(24(29)32-26(4,5)6)21(27)22(19-15-11-8-12-16-19)30-17-18-13-9-7-10-14-18/h7-16,20-22,27H,17H2,1-6H3/t21-,22-/m0/s1. The number of ether oxygens (including phenoxy) is 3. The molecule has 6 nitrogen and oxygen atoms in total. The lowest BCUT2D eigenvalue weighted by atomic mass is 9.92. The van der Waals surface area contributed by atoms with Crippen molar-refractivity contribution in [3.05, 3.63) is 71.8 Å².